The Morgan fingerprint density at radius 3 is 2.33 bits per heavy atom. The third kappa shape index (κ3) is 3.06. The first-order valence-electron chi connectivity index (χ1n) is 3.98. The van der Waals surface area contributed by atoms with Crippen LogP contribution in [0.3, 0.4) is 0 Å². The van der Waals surface area contributed by atoms with Crippen LogP contribution < -0.4 is 4.89 Å². The molecule has 0 aromatic rings. The van der Waals surface area contributed by atoms with Crippen LogP contribution in [0.4, 0.5) is 0 Å². The molecule has 0 atom stereocenters. The van der Waals surface area contributed by atoms with Crippen LogP contribution in [0.15, 0.2) is 0 Å². The summed E-state index contributed by atoms with van der Waals surface area (Å²) in [5.41, 5.74) is 0. The second kappa shape index (κ2) is 4.18. The number of hydrogen-bond acceptors (Lipinski definition) is 4. The first-order valence-corrected chi connectivity index (χ1v) is 5.39. The fraction of sp³-hybridized carbons (Fsp3) is 1.00. The summed E-state index contributed by atoms with van der Waals surface area (Å²) in [6.45, 7) is 0. The van der Waals surface area contributed by atoms with Crippen molar-refractivity contribution in [2.75, 3.05) is 0 Å². The predicted octanol–water partition coefficient (Wildman–Crippen LogP) is 0.559. The molecule has 5 nitrogen and oxygen atoms in total. The first kappa shape index (κ1) is 9.91. The Balaban J connectivity index is 2.39. The Hall–Kier alpha value is -0.170. The highest BCUT2D eigenvalue weighted by Gasteiger charge is 2.20. The van der Waals surface area contributed by atoms with E-state index in [1.54, 1.807) is 0 Å². The van der Waals surface area contributed by atoms with Crippen LogP contribution in [0.2, 0.25) is 0 Å². The van der Waals surface area contributed by atoms with Crippen LogP contribution in [0.1, 0.15) is 32.1 Å². The van der Waals surface area contributed by atoms with Crippen LogP contribution in [-0.4, -0.2) is 19.7 Å². The normalized spacial score (nSPS) is 21.1. The van der Waals surface area contributed by atoms with Crippen LogP contribution in [0.5, 0.6) is 0 Å². The summed E-state index contributed by atoms with van der Waals surface area (Å²) in [5.74, 6) is 0. The second-order valence-corrected chi connectivity index (χ2v) is 4.18. The van der Waals surface area contributed by atoms with Gasteiger partial charge in [0.15, 0.2) is 0 Å². The van der Waals surface area contributed by atoms with Gasteiger partial charge in [-0.2, -0.15) is 8.42 Å². The molecule has 0 unspecified atom stereocenters. The topological polar surface area (TPSA) is 75.6 Å². The number of nitrogens with one attached hydrogen (secondary N) is 1. The molecule has 0 spiro atoms. The van der Waals surface area contributed by atoms with E-state index < -0.39 is 10.3 Å². The first-order chi connectivity index (χ1) is 5.64. The summed E-state index contributed by atoms with van der Waals surface area (Å²) in [6, 6.07) is 0. The molecule has 0 aromatic heterocycles. The van der Waals surface area contributed by atoms with E-state index in [0.29, 0.717) is 0 Å². The van der Waals surface area contributed by atoms with Crippen molar-refractivity contribution in [3.8, 4) is 0 Å². The molecule has 1 saturated carbocycles. The van der Waals surface area contributed by atoms with Gasteiger partial charge in [0, 0.05) is 0 Å². The fourth-order valence-corrected chi connectivity index (χ4v) is 1.96. The molecule has 0 aliphatic heterocycles. The molecule has 0 radical (unpaired) electrons. The Bertz CT molecular complexity index is 220. The molecule has 0 bridgehead atoms. The van der Waals surface area contributed by atoms with Gasteiger partial charge in [-0.1, -0.05) is 24.1 Å². The van der Waals surface area contributed by atoms with Gasteiger partial charge in [-0.15, -0.1) is 0 Å². The summed E-state index contributed by atoms with van der Waals surface area (Å²) in [4.78, 5) is 1.14. The van der Waals surface area contributed by atoms with E-state index in [1.807, 2.05) is 0 Å². The Kier molecular flexibility index (Phi) is 3.45. The van der Waals surface area contributed by atoms with E-state index in [-0.39, 0.29) is 6.10 Å². The van der Waals surface area contributed by atoms with E-state index in [1.165, 1.54) is 0 Å². The van der Waals surface area contributed by atoms with Gasteiger partial charge in [-0.05, 0) is 12.8 Å². The van der Waals surface area contributed by atoms with Crippen LogP contribution in [0.25, 0.3) is 0 Å². The molecule has 1 rings (SSSR count). The molecular weight excluding hydrogens is 182 g/mol. The summed E-state index contributed by atoms with van der Waals surface area (Å²) in [5, 5.41) is 8.16. The van der Waals surface area contributed by atoms with Crippen LogP contribution in [-0.2, 0) is 14.5 Å². The zero-order valence-electron chi connectivity index (χ0n) is 6.69. The van der Waals surface area contributed by atoms with Crippen molar-refractivity contribution in [3.63, 3.8) is 0 Å². The minimum atomic E-state index is -3.91. The van der Waals surface area contributed by atoms with Gasteiger partial charge >= 0.3 is 10.3 Å². The van der Waals surface area contributed by atoms with E-state index >= 15 is 0 Å². The molecule has 0 aromatic carbocycles. The molecule has 1 aliphatic rings. The Morgan fingerprint density at radius 2 is 1.83 bits per heavy atom. The van der Waals surface area contributed by atoms with Gasteiger partial charge in [0.1, 0.15) is 0 Å². The van der Waals surface area contributed by atoms with Gasteiger partial charge in [-0.25, -0.2) is 0 Å². The van der Waals surface area contributed by atoms with Crippen molar-refractivity contribution in [1.82, 2.24) is 4.89 Å². The summed E-state index contributed by atoms with van der Waals surface area (Å²) < 4.78 is 26.0. The molecule has 0 amide bonds. The second-order valence-electron chi connectivity index (χ2n) is 2.90. The minimum Gasteiger partial charge on any atom is -0.300 e. The van der Waals surface area contributed by atoms with E-state index in [0.717, 1.165) is 37.0 Å². The maximum atomic E-state index is 10.7. The van der Waals surface area contributed by atoms with Crippen LogP contribution >= 0.6 is 0 Å². The Labute approximate surface area is 71.9 Å². The van der Waals surface area contributed by atoms with E-state index in [9.17, 15) is 8.42 Å². The smallest absolute Gasteiger partial charge is 0.300 e. The van der Waals surface area contributed by atoms with Gasteiger partial charge in [0.05, 0.1) is 6.10 Å². The zero-order chi connectivity index (χ0) is 9.03. The average Bonchev–Trinajstić information content (AvgIpc) is 2.06. The maximum absolute atomic E-state index is 10.7. The van der Waals surface area contributed by atoms with Gasteiger partial charge in [-0.3, -0.25) is 4.18 Å². The average molecular weight is 195 g/mol. The van der Waals surface area contributed by atoms with Crippen molar-refractivity contribution in [2.45, 2.75) is 38.2 Å². The highest BCUT2D eigenvalue weighted by molar-refractivity contribution is 7.84. The maximum Gasteiger partial charge on any atom is 0.358 e. The highest BCUT2D eigenvalue weighted by atomic mass is 32.2. The number of hydrogen-bond donors (Lipinski definition) is 2. The SMILES string of the molecule is O=S(=O)(NO)OC1CCCCC1. The van der Waals surface area contributed by atoms with Crippen molar-refractivity contribution in [1.29, 1.82) is 0 Å². The molecule has 0 saturated heterocycles. The van der Waals surface area contributed by atoms with Crippen molar-refractivity contribution < 1.29 is 17.8 Å². The third-order valence-corrected chi connectivity index (χ3v) is 2.68. The van der Waals surface area contributed by atoms with E-state index in [2.05, 4.69) is 4.18 Å². The molecule has 1 aliphatic carbocycles. The summed E-state index contributed by atoms with van der Waals surface area (Å²) in [6.07, 6.45) is 4.36. The summed E-state index contributed by atoms with van der Waals surface area (Å²) in [7, 11) is -3.91. The minimum absolute atomic E-state index is 0.261. The molecule has 2 N–H and O–H groups in total. The lowest BCUT2D eigenvalue weighted by atomic mass is 9.98. The fourth-order valence-electron chi connectivity index (χ4n) is 1.36. The highest BCUT2D eigenvalue weighted by Crippen LogP contribution is 2.21. The third-order valence-electron chi connectivity index (χ3n) is 1.93. The lowest BCUT2D eigenvalue weighted by Gasteiger charge is -2.20. The van der Waals surface area contributed by atoms with E-state index in [4.69, 9.17) is 5.21 Å². The summed E-state index contributed by atoms with van der Waals surface area (Å²) >= 11 is 0. The molecule has 12 heavy (non-hydrogen) atoms. The van der Waals surface area contributed by atoms with Gasteiger partial charge in [0.25, 0.3) is 0 Å². The van der Waals surface area contributed by atoms with Gasteiger partial charge in [0.2, 0.25) is 0 Å². The largest absolute Gasteiger partial charge is 0.358 e. The predicted molar refractivity (Wildman–Crippen MR) is 41.8 cm³/mol. The standard InChI is InChI=1S/C6H13NO4S/c8-7-12(9,10)11-6-4-2-1-3-5-6/h6-8H,1-5H2. The number of rotatable bonds is 3. The molecule has 72 valence electrons. The molecule has 6 heteroatoms. The lowest BCUT2D eigenvalue weighted by Crippen LogP contribution is -2.28. The molecular formula is C6H13NO4S. The molecule has 0 heterocycles. The monoisotopic (exact) mass is 195 g/mol. The van der Waals surface area contributed by atoms with Crippen molar-refractivity contribution in [3.05, 3.63) is 0 Å². The molecule has 1 fully saturated rings. The quantitative estimate of drug-likeness (QED) is 0.645. The van der Waals surface area contributed by atoms with Crippen LogP contribution in [0, 0.1) is 0 Å². The van der Waals surface area contributed by atoms with Crippen molar-refractivity contribution >= 4 is 10.3 Å². The zero-order valence-corrected chi connectivity index (χ0v) is 7.51. The Morgan fingerprint density at radius 1 is 1.25 bits per heavy atom. The van der Waals surface area contributed by atoms with Gasteiger partial charge < -0.3 is 5.21 Å². The lowest BCUT2D eigenvalue weighted by molar-refractivity contribution is 0.135. The van der Waals surface area contributed by atoms with Crippen molar-refractivity contribution in [2.24, 2.45) is 0 Å².